The number of pyridine rings is 2. The molecule has 0 unspecified atom stereocenters. The van der Waals surface area contributed by atoms with Gasteiger partial charge in [0.1, 0.15) is 0 Å². The summed E-state index contributed by atoms with van der Waals surface area (Å²) in [6.45, 7) is 18.8. The summed E-state index contributed by atoms with van der Waals surface area (Å²) in [7, 11) is -0.313. The van der Waals surface area contributed by atoms with Crippen LogP contribution in [-0.4, -0.2) is 50.9 Å². The Labute approximate surface area is 209 Å². The van der Waals surface area contributed by atoms with Crippen molar-refractivity contribution in [1.29, 1.82) is 0 Å². The second-order valence-electron chi connectivity index (χ2n) is 10.7. The fourth-order valence-electron chi connectivity index (χ4n) is 3.92. The molecule has 0 aromatic carbocycles. The molecule has 0 radical (unpaired) electrons. The largest absolute Gasteiger partial charge is 0.496 e. The van der Waals surface area contributed by atoms with E-state index in [0.29, 0.717) is 12.5 Å². The van der Waals surface area contributed by atoms with E-state index in [1.807, 2.05) is 39.1 Å². The van der Waals surface area contributed by atoms with E-state index in [1.165, 1.54) is 4.90 Å². The summed E-state index contributed by atoms with van der Waals surface area (Å²) in [6.07, 6.45) is 5.59. The predicted octanol–water partition coefficient (Wildman–Crippen LogP) is 5.06. The molecule has 0 saturated carbocycles. The average Bonchev–Trinajstić information content (AvgIpc) is 2.99. The Morgan fingerprint density at radius 3 is 2.06 bits per heavy atom. The van der Waals surface area contributed by atoms with Gasteiger partial charge in [0.2, 0.25) is 0 Å². The summed E-state index contributed by atoms with van der Waals surface area (Å²) in [4.78, 5) is 21.4. The van der Waals surface area contributed by atoms with Crippen LogP contribution in [0.5, 0.6) is 0 Å². The fourth-order valence-corrected chi connectivity index (χ4v) is 3.92. The van der Waals surface area contributed by atoms with Gasteiger partial charge in [-0.3, -0.25) is 14.9 Å². The van der Waals surface area contributed by atoms with Crippen molar-refractivity contribution in [3.63, 3.8) is 0 Å². The molecule has 4 heterocycles. The van der Waals surface area contributed by atoms with Crippen molar-refractivity contribution < 1.29 is 19.2 Å². The van der Waals surface area contributed by atoms with Gasteiger partial charge in [-0.15, -0.1) is 0 Å². The third-order valence-electron chi connectivity index (χ3n) is 7.25. The standard InChI is InChI=1S/C14H18N2O2.C13H20BNO2/c1-9-4-5-13(16(8-9)14(17)18)12-6-10(2)11(3)15-7-12;1-9-7-11(8-15-10(9)2)14-16-12(3,4)13(5,6)17-14/h5-7,9H,4,8H2,1-3H3,(H,17,18);7-8H,1-6H3/t9-;/m0./s1. The second kappa shape index (κ2) is 10.1. The molecule has 1 amide bonds. The highest BCUT2D eigenvalue weighted by Gasteiger charge is 2.51. The molecule has 7 nitrogen and oxygen atoms in total. The maximum atomic E-state index is 11.3. The lowest BCUT2D eigenvalue weighted by Gasteiger charge is -2.32. The van der Waals surface area contributed by atoms with Gasteiger partial charge in [-0.25, -0.2) is 4.79 Å². The number of carboxylic acid groups (broad SMARTS) is 1. The zero-order chi connectivity index (χ0) is 26.1. The van der Waals surface area contributed by atoms with Gasteiger partial charge < -0.3 is 14.4 Å². The van der Waals surface area contributed by atoms with Gasteiger partial charge in [0, 0.05) is 41.4 Å². The number of rotatable bonds is 2. The minimum atomic E-state index is -0.897. The summed E-state index contributed by atoms with van der Waals surface area (Å²) in [5, 5.41) is 9.28. The summed E-state index contributed by atoms with van der Waals surface area (Å²) in [5.41, 5.74) is 6.31. The van der Waals surface area contributed by atoms with Crippen molar-refractivity contribution in [2.45, 2.75) is 79.9 Å². The van der Waals surface area contributed by atoms with Crippen LogP contribution in [-0.2, 0) is 9.31 Å². The first-order valence-electron chi connectivity index (χ1n) is 12.1. The first-order valence-corrected chi connectivity index (χ1v) is 12.1. The van der Waals surface area contributed by atoms with Crippen LogP contribution >= 0.6 is 0 Å². The molecule has 0 spiro atoms. The Morgan fingerprint density at radius 1 is 1.00 bits per heavy atom. The third-order valence-corrected chi connectivity index (χ3v) is 7.25. The highest BCUT2D eigenvalue weighted by Crippen LogP contribution is 2.36. The van der Waals surface area contributed by atoms with Crippen LogP contribution in [0.3, 0.4) is 0 Å². The molecular formula is C27H38BN3O4. The topological polar surface area (TPSA) is 84.8 Å². The van der Waals surface area contributed by atoms with Crippen molar-refractivity contribution in [3.05, 3.63) is 58.7 Å². The molecule has 1 atom stereocenters. The molecule has 8 heteroatoms. The SMILES string of the molecule is Cc1cc(B2OC(C)(C)C(C)(C)O2)cnc1C.Cc1cc(C2=CC[C@H](C)CN2C(=O)O)cnc1C. The molecule has 4 rings (SSSR count). The molecule has 0 bridgehead atoms. The highest BCUT2D eigenvalue weighted by atomic mass is 16.7. The molecule has 1 saturated heterocycles. The van der Waals surface area contributed by atoms with E-state index in [9.17, 15) is 9.90 Å². The second-order valence-corrected chi connectivity index (χ2v) is 10.7. The minimum Gasteiger partial charge on any atom is -0.465 e. The maximum absolute atomic E-state index is 11.3. The van der Waals surface area contributed by atoms with E-state index in [1.54, 1.807) is 6.20 Å². The van der Waals surface area contributed by atoms with E-state index >= 15 is 0 Å². The molecule has 2 aromatic rings. The van der Waals surface area contributed by atoms with Crippen LogP contribution in [0.1, 0.15) is 69.1 Å². The number of amides is 1. The van der Waals surface area contributed by atoms with Gasteiger partial charge in [0.15, 0.2) is 0 Å². The number of nitrogens with zero attached hydrogens (tertiary/aromatic N) is 3. The molecule has 35 heavy (non-hydrogen) atoms. The Hall–Kier alpha value is -2.71. The van der Waals surface area contributed by atoms with E-state index in [2.05, 4.69) is 57.6 Å². The Kier molecular flexibility index (Phi) is 7.77. The lowest BCUT2D eigenvalue weighted by molar-refractivity contribution is 0.00578. The number of allylic oxidation sites excluding steroid dienone is 1. The average molecular weight is 479 g/mol. The summed E-state index contributed by atoms with van der Waals surface area (Å²) >= 11 is 0. The minimum absolute atomic E-state index is 0.295. The van der Waals surface area contributed by atoms with Crippen molar-refractivity contribution in [2.75, 3.05) is 6.54 Å². The van der Waals surface area contributed by atoms with Gasteiger partial charge in [0.25, 0.3) is 0 Å². The van der Waals surface area contributed by atoms with Crippen LogP contribution in [0.15, 0.2) is 30.6 Å². The predicted molar refractivity (Wildman–Crippen MR) is 140 cm³/mol. The monoisotopic (exact) mass is 479 g/mol. The van der Waals surface area contributed by atoms with Crippen LogP contribution in [0.25, 0.3) is 5.70 Å². The molecule has 188 valence electrons. The van der Waals surface area contributed by atoms with Gasteiger partial charge in [-0.05, 0) is 84.9 Å². The van der Waals surface area contributed by atoms with Crippen LogP contribution in [0.4, 0.5) is 4.79 Å². The van der Waals surface area contributed by atoms with Crippen LogP contribution in [0, 0.1) is 33.6 Å². The van der Waals surface area contributed by atoms with Crippen molar-refractivity contribution >= 4 is 24.4 Å². The highest BCUT2D eigenvalue weighted by molar-refractivity contribution is 6.62. The van der Waals surface area contributed by atoms with Crippen molar-refractivity contribution in [3.8, 4) is 0 Å². The third kappa shape index (κ3) is 5.93. The van der Waals surface area contributed by atoms with Crippen molar-refractivity contribution in [1.82, 2.24) is 14.9 Å². The molecule has 2 aliphatic rings. The summed E-state index contributed by atoms with van der Waals surface area (Å²) in [6, 6.07) is 4.09. The summed E-state index contributed by atoms with van der Waals surface area (Å²) < 4.78 is 12.0. The molecule has 1 fully saturated rings. The van der Waals surface area contributed by atoms with Crippen molar-refractivity contribution in [2.24, 2.45) is 5.92 Å². The normalized spacial score (nSPS) is 20.7. The fraction of sp³-hybridized carbons (Fsp3) is 0.519. The van der Waals surface area contributed by atoms with Gasteiger partial charge >= 0.3 is 13.2 Å². The molecule has 2 aromatic heterocycles. The molecular weight excluding hydrogens is 441 g/mol. The van der Waals surface area contributed by atoms with Crippen LogP contribution in [0.2, 0.25) is 0 Å². The van der Waals surface area contributed by atoms with E-state index < -0.39 is 6.09 Å². The maximum Gasteiger partial charge on any atom is 0.496 e. The number of aryl methyl sites for hydroxylation is 4. The number of hydrogen-bond acceptors (Lipinski definition) is 5. The molecule has 2 aliphatic heterocycles. The lowest BCUT2D eigenvalue weighted by atomic mass is 9.79. The first-order chi connectivity index (χ1) is 16.2. The number of aromatic nitrogens is 2. The zero-order valence-electron chi connectivity index (χ0n) is 22.5. The molecule has 0 aliphatic carbocycles. The van der Waals surface area contributed by atoms with Gasteiger partial charge in [-0.1, -0.05) is 19.1 Å². The Bertz CT molecular complexity index is 1110. The van der Waals surface area contributed by atoms with Gasteiger partial charge in [0.05, 0.1) is 16.9 Å². The Morgan fingerprint density at radius 2 is 1.54 bits per heavy atom. The van der Waals surface area contributed by atoms with Crippen LogP contribution < -0.4 is 5.46 Å². The quantitative estimate of drug-likeness (QED) is 0.607. The molecule has 1 N–H and O–H groups in total. The smallest absolute Gasteiger partial charge is 0.465 e. The number of carbonyl (C=O) groups is 1. The lowest BCUT2D eigenvalue weighted by Crippen LogP contribution is -2.41. The summed E-state index contributed by atoms with van der Waals surface area (Å²) in [5.74, 6) is 0.365. The number of hydrogen-bond donors (Lipinski definition) is 1. The Balaban J connectivity index is 0.000000196. The first kappa shape index (κ1) is 26.9. The van der Waals surface area contributed by atoms with E-state index in [4.69, 9.17) is 9.31 Å². The van der Waals surface area contributed by atoms with Gasteiger partial charge in [-0.2, -0.15) is 0 Å². The van der Waals surface area contributed by atoms with E-state index in [0.717, 1.165) is 45.7 Å². The van der Waals surface area contributed by atoms with E-state index in [-0.39, 0.29) is 18.3 Å². The zero-order valence-corrected chi connectivity index (χ0v) is 22.5.